The van der Waals surface area contributed by atoms with Crippen LogP contribution in [0.3, 0.4) is 0 Å². The Kier molecular flexibility index (Phi) is 4.04. The molecule has 0 aliphatic heterocycles. The summed E-state index contributed by atoms with van der Waals surface area (Å²) in [4.78, 5) is 0. The first-order valence-corrected chi connectivity index (χ1v) is 5.02. The van der Waals surface area contributed by atoms with Crippen LogP contribution in [0.4, 0.5) is 17.6 Å². The van der Waals surface area contributed by atoms with E-state index in [2.05, 4.69) is 0 Å². The lowest BCUT2D eigenvalue weighted by Crippen LogP contribution is -2.20. The predicted molar refractivity (Wildman–Crippen MR) is 58.3 cm³/mol. The third kappa shape index (κ3) is 2.90. The van der Waals surface area contributed by atoms with Crippen molar-refractivity contribution < 1.29 is 17.6 Å². The van der Waals surface area contributed by atoms with E-state index in [9.17, 15) is 17.6 Å². The Balaban J connectivity index is 0.00000144. The van der Waals surface area contributed by atoms with Crippen molar-refractivity contribution in [1.82, 2.24) is 0 Å². The van der Waals surface area contributed by atoms with Gasteiger partial charge in [-0.25, -0.2) is 4.39 Å². The monoisotopic (exact) mass is 269 g/mol. The molecular formula is C11H12ClF4N. The summed E-state index contributed by atoms with van der Waals surface area (Å²) in [7, 11) is 0. The fraction of sp³-hybridized carbons (Fsp3) is 0.455. The molecule has 0 aromatic heterocycles. The lowest BCUT2D eigenvalue weighted by molar-refractivity contribution is -0.140. The summed E-state index contributed by atoms with van der Waals surface area (Å²) in [5.41, 5.74) is 4.36. The molecule has 2 rings (SSSR count). The zero-order valence-electron chi connectivity index (χ0n) is 8.80. The first-order valence-electron chi connectivity index (χ1n) is 5.02. The number of alkyl halides is 3. The van der Waals surface area contributed by atoms with Gasteiger partial charge in [0.05, 0.1) is 5.56 Å². The Hall–Kier alpha value is -0.810. The number of hydrogen-bond donors (Lipinski definition) is 1. The molecule has 0 unspecified atom stereocenters. The second kappa shape index (κ2) is 4.82. The van der Waals surface area contributed by atoms with Gasteiger partial charge in [-0.2, -0.15) is 13.2 Å². The SMILES string of the molecule is Cl.N[C@H](c1cccc(F)c1C(F)(F)F)C1CC1. The molecule has 0 heterocycles. The van der Waals surface area contributed by atoms with Crippen LogP contribution in [0.1, 0.15) is 30.0 Å². The van der Waals surface area contributed by atoms with E-state index in [0.717, 1.165) is 18.9 Å². The molecule has 1 aliphatic rings. The number of hydrogen-bond acceptors (Lipinski definition) is 1. The maximum absolute atomic E-state index is 13.2. The molecule has 0 amide bonds. The molecule has 1 aromatic carbocycles. The fourth-order valence-electron chi connectivity index (χ4n) is 1.83. The first-order chi connectivity index (χ1) is 7.41. The maximum atomic E-state index is 13.2. The van der Waals surface area contributed by atoms with Crippen molar-refractivity contribution >= 4 is 12.4 Å². The Bertz CT molecular complexity index is 401. The highest BCUT2D eigenvalue weighted by Gasteiger charge is 2.40. The Morgan fingerprint density at radius 3 is 2.29 bits per heavy atom. The van der Waals surface area contributed by atoms with Crippen LogP contribution in [0.5, 0.6) is 0 Å². The Labute approximate surface area is 102 Å². The number of nitrogens with two attached hydrogens (primary N) is 1. The van der Waals surface area contributed by atoms with Gasteiger partial charge < -0.3 is 5.73 Å². The minimum Gasteiger partial charge on any atom is -0.324 e. The van der Waals surface area contributed by atoms with E-state index in [-0.39, 0.29) is 23.9 Å². The van der Waals surface area contributed by atoms with Crippen molar-refractivity contribution in [3.63, 3.8) is 0 Å². The lowest BCUT2D eigenvalue weighted by atomic mass is 9.97. The van der Waals surface area contributed by atoms with Gasteiger partial charge in [0.15, 0.2) is 0 Å². The molecule has 2 N–H and O–H groups in total. The van der Waals surface area contributed by atoms with Crippen LogP contribution in [0.15, 0.2) is 18.2 Å². The van der Waals surface area contributed by atoms with Gasteiger partial charge in [-0.15, -0.1) is 12.4 Å². The van der Waals surface area contributed by atoms with E-state index in [1.54, 1.807) is 0 Å². The smallest absolute Gasteiger partial charge is 0.324 e. The number of halogens is 5. The highest BCUT2D eigenvalue weighted by Crippen LogP contribution is 2.44. The first kappa shape index (κ1) is 14.3. The molecular weight excluding hydrogens is 258 g/mol. The molecule has 1 nitrogen and oxygen atoms in total. The van der Waals surface area contributed by atoms with Gasteiger partial charge in [0.2, 0.25) is 0 Å². The van der Waals surface area contributed by atoms with Crippen LogP contribution in [-0.4, -0.2) is 0 Å². The molecule has 96 valence electrons. The van der Waals surface area contributed by atoms with Crippen molar-refractivity contribution in [1.29, 1.82) is 0 Å². The summed E-state index contributed by atoms with van der Waals surface area (Å²) < 4.78 is 51.2. The van der Waals surface area contributed by atoms with Crippen LogP contribution in [0.25, 0.3) is 0 Å². The molecule has 1 atom stereocenters. The van der Waals surface area contributed by atoms with Gasteiger partial charge in [0, 0.05) is 6.04 Å². The molecule has 0 saturated heterocycles. The van der Waals surface area contributed by atoms with Gasteiger partial charge in [-0.3, -0.25) is 0 Å². The number of benzene rings is 1. The zero-order valence-corrected chi connectivity index (χ0v) is 9.61. The van der Waals surface area contributed by atoms with Gasteiger partial charge in [0.1, 0.15) is 5.82 Å². The third-order valence-electron chi connectivity index (χ3n) is 2.82. The van der Waals surface area contributed by atoms with Crippen LogP contribution < -0.4 is 5.73 Å². The summed E-state index contributed by atoms with van der Waals surface area (Å²) >= 11 is 0. The zero-order chi connectivity index (χ0) is 11.9. The van der Waals surface area contributed by atoms with E-state index in [1.807, 2.05) is 0 Å². The third-order valence-corrected chi connectivity index (χ3v) is 2.82. The van der Waals surface area contributed by atoms with E-state index in [1.165, 1.54) is 12.1 Å². The van der Waals surface area contributed by atoms with E-state index in [0.29, 0.717) is 0 Å². The van der Waals surface area contributed by atoms with Gasteiger partial charge in [-0.1, -0.05) is 12.1 Å². The highest BCUT2D eigenvalue weighted by molar-refractivity contribution is 5.85. The normalized spacial score (nSPS) is 17.5. The minimum atomic E-state index is -4.69. The van der Waals surface area contributed by atoms with Crippen molar-refractivity contribution in [2.45, 2.75) is 25.1 Å². The summed E-state index contributed by atoms with van der Waals surface area (Å²) in [6.07, 6.45) is -3.06. The predicted octanol–water partition coefficient (Wildman–Crippen LogP) is 3.68. The quantitative estimate of drug-likeness (QED) is 0.815. The van der Waals surface area contributed by atoms with Gasteiger partial charge in [0.25, 0.3) is 0 Å². The van der Waals surface area contributed by atoms with Crippen molar-refractivity contribution in [3.05, 3.63) is 35.1 Å². The standard InChI is InChI=1S/C11H11F4N.ClH/c12-8-3-1-2-7(9(8)11(13,14)15)10(16)6-4-5-6;/h1-3,6,10H,4-5,16H2;1H/t10-;/m0./s1. The summed E-state index contributed by atoms with van der Waals surface area (Å²) in [6.45, 7) is 0. The van der Waals surface area contributed by atoms with Crippen LogP contribution in [0.2, 0.25) is 0 Å². The van der Waals surface area contributed by atoms with Crippen molar-refractivity contribution in [2.24, 2.45) is 11.7 Å². The van der Waals surface area contributed by atoms with E-state index < -0.39 is 23.6 Å². The molecule has 0 radical (unpaired) electrons. The van der Waals surface area contributed by atoms with E-state index in [4.69, 9.17) is 5.73 Å². The lowest BCUT2D eigenvalue weighted by Gasteiger charge is -2.18. The van der Waals surface area contributed by atoms with Crippen LogP contribution in [-0.2, 0) is 6.18 Å². The van der Waals surface area contributed by atoms with Crippen LogP contribution in [0, 0.1) is 11.7 Å². The second-order valence-corrected chi connectivity index (χ2v) is 4.07. The second-order valence-electron chi connectivity index (χ2n) is 4.07. The summed E-state index contributed by atoms with van der Waals surface area (Å²) in [5.74, 6) is -1.19. The Morgan fingerprint density at radius 1 is 1.24 bits per heavy atom. The topological polar surface area (TPSA) is 26.0 Å². The highest BCUT2D eigenvalue weighted by atomic mass is 35.5. The summed E-state index contributed by atoms with van der Waals surface area (Å²) in [5, 5.41) is 0. The molecule has 0 bridgehead atoms. The van der Waals surface area contributed by atoms with E-state index >= 15 is 0 Å². The Morgan fingerprint density at radius 2 is 1.82 bits per heavy atom. The molecule has 1 aliphatic carbocycles. The average molecular weight is 270 g/mol. The molecule has 0 spiro atoms. The van der Waals surface area contributed by atoms with Gasteiger partial charge in [-0.05, 0) is 30.4 Å². The molecule has 17 heavy (non-hydrogen) atoms. The van der Waals surface area contributed by atoms with Crippen LogP contribution >= 0.6 is 12.4 Å². The molecule has 1 saturated carbocycles. The largest absolute Gasteiger partial charge is 0.419 e. The van der Waals surface area contributed by atoms with Gasteiger partial charge >= 0.3 is 6.18 Å². The van der Waals surface area contributed by atoms with Crippen molar-refractivity contribution in [3.8, 4) is 0 Å². The van der Waals surface area contributed by atoms with Crippen molar-refractivity contribution in [2.75, 3.05) is 0 Å². The maximum Gasteiger partial charge on any atom is 0.419 e. The summed E-state index contributed by atoms with van der Waals surface area (Å²) in [6, 6.07) is 2.62. The minimum absolute atomic E-state index is 0. The number of rotatable bonds is 2. The molecule has 1 fully saturated rings. The molecule has 1 aromatic rings. The molecule has 6 heteroatoms. The average Bonchev–Trinajstić information content (AvgIpc) is 2.97. The fourth-order valence-corrected chi connectivity index (χ4v) is 1.83.